The number of alkyl halides is 1. The third-order valence-electron chi connectivity index (χ3n) is 5.49. The van der Waals surface area contributed by atoms with Crippen molar-refractivity contribution in [3.8, 4) is 0 Å². The summed E-state index contributed by atoms with van der Waals surface area (Å²) in [7, 11) is 0. The van der Waals surface area contributed by atoms with E-state index < -0.39 is 5.97 Å². The number of hydrogen-bond donors (Lipinski definition) is 1. The average Bonchev–Trinajstić information content (AvgIpc) is 3.20. The second kappa shape index (κ2) is 6.12. The van der Waals surface area contributed by atoms with Gasteiger partial charge in [-0.2, -0.15) is 0 Å². The van der Waals surface area contributed by atoms with Crippen LogP contribution in [-0.2, 0) is 19.1 Å². The molecule has 6 atom stereocenters. The summed E-state index contributed by atoms with van der Waals surface area (Å²) in [6.45, 7) is 2.06. The molecule has 0 unspecified atom stereocenters. The summed E-state index contributed by atoms with van der Waals surface area (Å²) >= 11 is 3.60. The first kappa shape index (κ1) is 16.6. The molecule has 1 amide bonds. The SMILES string of the molecule is CCOC(=O)c1ccc(NC(=O)[C@@H]2[C@H]3C[C@H]4[C@H](OC(=O)[C@H]42)[C@H]3Br)cc1. The Morgan fingerprint density at radius 1 is 1.28 bits per heavy atom. The van der Waals surface area contributed by atoms with Gasteiger partial charge in [-0.3, -0.25) is 9.59 Å². The lowest BCUT2D eigenvalue weighted by Crippen LogP contribution is -2.40. The number of amides is 1. The molecule has 1 heterocycles. The highest BCUT2D eigenvalue weighted by molar-refractivity contribution is 9.09. The molecule has 0 aromatic heterocycles. The van der Waals surface area contributed by atoms with E-state index >= 15 is 0 Å². The first-order valence-corrected chi connectivity index (χ1v) is 9.35. The van der Waals surface area contributed by atoms with Gasteiger partial charge in [-0.15, -0.1) is 0 Å². The molecule has 2 aliphatic carbocycles. The van der Waals surface area contributed by atoms with Gasteiger partial charge in [0.25, 0.3) is 0 Å². The first-order chi connectivity index (χ1) is 12.0. The van der Waals surface area contributed by atoms with E-state index in [4.69, 9.17) is 9.47 Å². The van der Waals surface area contributed by atoms with Crippen LogP contribution in [0.15, 0.2) is 24.3 Å². The molecule has 2 bridgehead atoms. The number of benzene rings is 1. The van der Waals surface area contributed by atoms with Crippen molar-refractivity contribution in [2.45, 2.75) is 24.3 Å². The van der Waals surface area contributed by atoms with Crippen molar-refractivity contribution in [3.05, 3.63) is 29.8 Å². The smallest absolute Gasteiger partial charge is 0.338 e. The fourth-order valence-electron chi connectivity index (χ4n) is 4.46. The number of nitrogens with one attached hydrogen (secondary N) is 1. The molecule has 0 spiro atoms. The molecule has 1 aromatic carbocycles. The normalized spacial score (nSPS) is 34.7. The van der Waals surface area contributed by atoms with Crippen LogP contribution in [0, 0.1) is 23.7 Å². The maximum absolute atomic E-state index is 12.8. The number of carbonyl (C=O) groups is 3. The lowest BCUT2D eigenvalue weighted by atomic mass is 9.79. The Morgan fingerprint density at radius 3 is 2.68 bits per heavy atom. The van der Waals surface area contributed by atoms with Crippen LogP contribution in [-0.4, -0.2) is 35.4 Å². The van der Waals surface area contributed by atoms with Gasteiger partial charge in [0.15, 0.2) is 0 Å². The molecule has 3 aliphatic rings. The molecule has 7 heteroatoms. The summed E-state index contributed by atoms with van der Waals surface area (Å²) in [6, 6.07) is 6.56. The van der Waals surface area contributed by atoms with Crippen LogP contribution in [0.3, 0.4) is 0 Å². The summed E-state index contributed by atoms with van der Waals surface area (Å²) in [5.41, 5.74) is 1.03. The van der Waals surface area contributed by atoms with Crippen molar-refractivity contribution in [1.82, 2.24) is 0 Å². The number of rotatable bonds is 4. The zero-order valence-electron chi connectivity index (χ0n) is 13.6. The lowest BCUT2D eigenvalue weighted by Gasteiger charge is -2.27. The largest absolute Gasteiger partial charge is 0.462 e. The maximum Gasteiger partial charge on any atom is 0.338 e. The molecule has 2 saturated carbocycles. The molecular formula is C18H18BrNO5. The predicted octanol–water partition coefficient (Wildman–Crippen LogP) is 2.37. The second-order valence-electron chi connectivity index (χ2n) is 6.75. The van der Waals surface area contributed by atoms with Gasteiger partial charge in [0.05, 0.1) is 28.8 Å². The summed E-state index contributed by atoms with van der Waals surface area (Å²) in [6.07, 6.45) is 0.757. The number of esters is 2. The van der Waals surface area contributed by atoms with Crippen LogP contribution in [0.25, 0.3) is 0 Å². The molecule has 1 aromatic rings. The topological polar surface area (TPSA) is 81.7 Å². The highest BCUT2D eigenvalue weighted by Crippen LogP contribution is 2.60. The van der Waals surface area contributed by atoms with Crippen LogP contribution >= 0.6 is 15.9 Å². The minimum absolute atomic E-state index is 0.0436. The van der Waals surface area contributed by atoms with E-state index in [0.29, 0.717) is 17.9 Å². The van der Waals surface area contributed by atoms with E-state index in [0.717, 1.165) is 6.42 Å². The van der Waals surface area contributed by atoms with Gasteiger partial charge in [-0.05, 0) is 43.5 Å². The minimum Gasteiger partial charge on any atom is -0.462 e. The van der Waals surface area contributed by atoms with Crippen molar-refractivity contribution in [2.75, 3.05) is 11.9 Å². The second-order valence-corrected chi connectivity index (χ2v) is 7.81. The van der Waals surface area contributed by atoms with E-state index in [9.17, 15) is 14.4 Å². The average molecular weight is 408 g/mol. The van der Waals surface area contributed by atoms with Crippen LogP contribution in [0.2, 0.25) is 0 Å². The van der Waals surface area contributed by atoms with Crippen molar-refractivity contribution >= 4 is 39.5 Å². The van der Waals surface area contributed by atoms with Crippen LogP contribution in [0.4, 0.5) is 5.69 Å². The first-order valence-electron chi connectivity index (χ1n) is 8.44. The zero-order chi connectivity index (χ0) is 17.7. The van der Waals surface area contributed by atoms with Gasteiger partial charge >= 0.3 is 11.9 Å². The van der Waals surface area contributed by atoms with Crippen molar-refractivity contribution < 1.29 is 23.9 Å². The van der Waals surface area contributed by atoms with E-state index in [1.807, 2.05) is 0 Å². The molecule has 1 saturated heterocycles. The third kappa shape index (κ3) is 2.56. The van der Waals surface area contributed by atoms with E-state index in [1.54, 1.807) is 31.2 Å². The van der Waals surface area contributed by atoms with Crippen molar-refractivity contribution in [2.24, 2.45) is 23.7 Å². The number of carbonyl (C=O) groups excluding carboxylic acids is 3. The summed E-state index contributed by atoms with van der Waals surface area (Å²) < 4.78 is 10.4. The molecule has 3 fully saturated rings. The van der Waals surface area contributed by atoms with Crippen LogP contribution < -0.4 is 5.32 Å². The molecule has 0 radical (unpaired) electrons. The van der Waals surface area contributed by atoms with Gasteiger partial charge < -0.3 is 14.8 Å². The van der Waals surface area contributed by atoms with Gasteiger partial charge in [-0.1, -0.05) is 15.9 Å². The summed E-state index contributed by atoms with van der Waals surface area (Å²) in [4.78, 5) is 36.6. The number of ether oxygens (including phenoxy) is 2. The van der Waals surface area contributed by atoms with Gasteiger partial charge in [0.1, 0.15) is 6.10 Å². The molecule has 132 valence electrons. The van der Waals surface area contributed by atoms with E-state index in [-0.39, 0.29) is 46.5 Å². The van der Waals surface area contributed by atoms with Gasteiger partial charge in [0.2, 0.25) is 5.91 Å². The highest BCUT2D eigenvalue weighted by Gasteiger charge is 2.67. The lowest BCUT2D eigenvalue weighted by molar-refractivity contribution is -0.145. The third-order valence-corrected chi connectivity index (χ3v) is 6.69. The minimum atomic E-state index is -0.393. The number of fused-ring (bicyclic) bond motifs is 1. The van der Waals surface area contributed by atoms with E-state index in [1.165, 1.54) is 0 Å². The standard InChI is InChI=1S/C18H18BrNO5/c1-2-24-17(22)8-3-5-9(6-4-8)20-16(21)12-10-7-11-13(12)18(23)25-15(11)14(10)19/h3-6,10-15H,2,7H2,1H3,(H,20,21)/t10-,11-,12-,13-,14+,15+/m1/s1. The molecule has 6 nitrogen and oxygen atoms in total. The maximum atomic E-state index is 12.8. The monoisotopic (exact) mass is 407 g/mol. The molecular weight excluding hydrogens is 390 g/mol. The number of hydrogen-bond acceptors (Lipinski definition) is 5. The fraction of sp³-hybridized carbons (Fsp3) is 0.500. The Labute approximate surface area is 153 Å². The van der Waals surface area contributed by atoms with Crippen molar-refractivity contribution in [3.63, 3.8) is 0 Å². The van der Waals surface area contributed by atoms with Crippen LogP contribution in [0.1, 0.15) is 23.7 Å². The molecule has 1 aliphatic heterocycles. The Morgan fingerprint density at radius 2 is 2.00 bits per heavy atom. The van der Waals surface area contributed by atoms with Gasteiger partial charge in [-0.25, -0.2) is 4.79 Å². The zero-order valence-corrected chi connectivity index (χ0v) is 15.2. The van der Waals surface area contributed by atoms with E-state index in [2.05, 4.69) is 21.2 Å². The highest BCUT2D eigenvalue weighted by atomic mass is 79.9. The van der Waals surface area contributed by atoms with Crippen LogP contribution in [0.5, 0.6) is 0 Å². The number of anilines is 1. The fourth-order valence-corrected chi connectivity index (χ4v) is 5.50. The molecule has 1 N–H and O–H groups in total. The number of halogens is 1. The molecule has 4 rings (SSSR count). The Bertz CT molecular complexity index is 733. The summed E-state index contributed by atoms with van der Waals surface area (Å²) in [5.74, 6) is -1.25. The Kier molecular flexibility index (Phi) is 4.06. The molecule has 25 heavy (non-hydrogen) atoms. The predicted molar refractivity (Wildman–Crippen MR) is 92.2 cm³/mol. The van der Waals surface area contributed by atoms with Crippen molar-refractivity contribution in [1.29, 1.82) is 0 Å². The Balaban J connectivity index is 1.47. The quantitative estimate of drug-likeness (QED) is 0.611. The van der Waals surface area contributed by atoms with Gasteiger partial charge in [0, 0.05) is 11.6 Å². The summed E-state index contributed by atoms with van der Waals surface area (Å²) in [5, 5.41) is 2.87. The Hall–Kier alpha value is -1.89.